The van der Waals surface area contributed by atoms with Crippen LogP contribution >= 0.6 is 0 Å². The fraction of sp³-hybridized carbons (Fsp3) is 0.625. The molecule has 0 amide bonds. The van der Waals surface area contributed by atoms with E-state index in [2.05, 4.69) is 5.32 Å². The molecule has 0 aliphatic carbocycles. The van der Waals surface area contributed by atoms with Crippen molar-refractivity contribution >= 4 is 5.78 Å². The van der Waals surface area contributed by atoms with Crippen molar-refractivity contribution in [3.05, 3.63) is 11.8 Å². The monoisotopic (exact) mass is 157 g/mol. The summed E-state index contributed by atoms with van der Waals surface area (Å²) >= 11 is 0. The number of aliphatic hydroxyl groups is 1. The Labute approximate surface area is 67.1 Å². The van der Waals surface area contributed by atoms with E-state index in [1.165, 1.54) is 13.0 Å². The van der Waals surface area contributed by atoms with E-state index in [4.69, 9.17) is 5.11 Å². The molecule has 0 spiro atoms. The predicted octanol–water partition coefficient (Wildman–Crippen LogP) is 0.450. The molecular weight excluding hydrogens is 142 g/mol. The molecule has 11 heavy (non-hydrogen) atoms. The fourth-order valence-electron chi connectivity index (χ4n) is 0.665. The summed E-state index contributed by atoms with van der Waals surface area (Å²) in [5, 5.41) is 11.8. The van der Waals surface area contributed by atoms with Gasteiger partial charge in [0.25, 0.3) is 0 Å². The topological polar surface area (TPSA) is 49.3 Å². The van der Waals surface area contributed by atoms with Crippen LogP contribution in [0.5, 0.6) is 0 Å². The highest BCUT2D eigenvalue weighted by Gasteiger charge is 1.94. The quantitative estimate of drug-likeness (QED) is 0.582. The highest BCUT2D eigenvalue weighted by molar-refractivity contribution is 5.87. The first-order chi connectivity index (χ1) is 5.02. The van der Waals surface area contributed by atoms with Crippen molar-refractivity contribution in [1.29, 1.82) is 0 Å². The van der Waals surface area contributed by atoms with Crippen LogP contribution in [0.15, 0.2) is 11.8 Å². The Morgan fingerprint density at radius 3 is 2.55 bits per heavy atom. The number of hydrogen-bond donors (Lipinski definition) is 2. The summed E-state index contributed by atoms with van der Waals surface area (Å²) in [6.45, 7) is 5.46. The van der Waals surface area contributed by atoms with Crippen molar-refractivity contribution < 1.29 is 9.90 Å². The number of rotatable bonds is 4. The van der Waals surface area contributed by atoms with E-state index in [-0.39, 0.29) is 11.9 Å². The molecule has 0 radical (unpaired) electrons. The maximum absolute atomic E-state index is 10.5. The maximum atomic E-state index is 10.5. The van der Waals surface area contributed by atoms with Gasteiger partial charge in [-0.25, -0.2) is 0 Å². The van der Waals surface area contributed by atoms with Gasteiger partial charge in [-0.1, -0.05) is 0 Å². The molecule has 2 N–H and O–H groups in total. The van der Waals surface area contributed by atoms with Crippen LogP contribution in [0.25, 0.3) is 0 Å². The van der Waals surface area contributed by atoms with Gasteiger partial charge in [-0.15, -0.1) is 0 Å². The average Bonchev–Trinajstić information content (AvgIpc) is 1.82. The molecule has 0 aliphatic rings. The van der Waals surface area contributed by atoms with Gasteiger partial charge >= 0.3 is 0 Å². The number of carbonyl (C=O) groups is 1. The molecule has 0 rings (SSSR count). The summed E-state index contributed by atoms with van der Waals surface area (Å²) in [6.07, 6.45) is 1.12. The Morgan fingerprint density at radius 2 is 2.18 bits per heavy atom. The lowest BCUT2D eigenvalue weighted by molar-refractivity contribution is -0.112. The molecule has 0 fully saturated rings. The lowest BCUT2D eigenvalue weighted by Gasteiger charge is -2.07. The third-order valence-electron chi connectivity index (χ3n) is 1.10. The zero-order chi connectivity index (χ0) is 8.85. The molecule has 0 aromatic heterocycles. The third-order valence-corrected chi connectivity index (χ3v) is 1.10. The lowest BCUT2D eigenvalue weighted by atomic mass is 10.3. The summed E-state index contributed by atoms with van der Waals surface area (Å²) in [7, 11) is 0. The summed E-state index contributed by atoms with van der Waals surface area (Å²) in [5.74, 6) is 0.0144. The molecule has 3 nitrogen and oxygen atoms in total. The first-order valence-corrected chi connectivity index (χ1v) is 3.63. The zero-order valence-electron chi connectivity index (χ0n) is 7.22. The Morgan fingerprint density at radius 1 is 1.64 bits per heavy atom. The van der Waals surface area contributed by atoms with Crippen LogP contribution in [0.2, 0.25) is 0 Å². The Hall–Kier alpha value is -0.830. The minimum absolute atomic E-state index is 0.0144. The van der Waals surface area contributed by atoms with Crippen LogP contribution in [0, 0.1) is 0 Å². The predicted molar refractivity (Wildman–Crippen MR) is 44.1 cm³/mol. The van der Waals surface area contributed by atoms with Crippen LogP contribution in [0.3, 0.4) is 0 Å². The van der Waals surface area contributed by atoms with Gasteiger partial charge in [0.15, 0.2) is 5.78 Å². The lowest BCUT2D eigenvalue weighted by Crippen LogP contribution is -2.23. The van der Waals surface area contributed by atoms with Gasteiger partial charge in [-0.3, -0.25) is 4.79 Å². The van der Waals surface area contributed by atoms with Crippen molar-refractivity contribution in [1.82, 2.24) is 5.32 Å². The Kier molecular flexibility index (Phi) is 4.54. The highest BCUT2D eigenvalue weighted by atomic mass is 16.3. The van der Waals surface area contributed by atoms with E-state index in [0.29, 0.717) is 6.54 Å². The molecule has 0 saturated heterocycles. The van der Waals surface area contributed by atoms with E-state index in [1.807, 2.05) is 0 Å². The Balaban J connectivity index is 3.68. The third kappa shape index (κ3) is 7.06. The van der Waals surface area contributed by atoms with E-state index in [1.54, 1.807) is 13.8 Å². The minimum Gasteiger partial charge on any atom is -0.392 e. The van der Waals surface area contributed by atoms with E-state index >= 15 is 0 Å². The molecule has 0 heterocycles. The molecule has 64 valence electrons. The molecule has 0 aliphatic heterocycles. The van der Waals surface area contributed by atoms with Crippen molar-refractivity contribution in [3.8, 4) is 0 Å². The minimum atomic E-state index is -0.384. The van der Waals surface area contributed by atoms with Crippen molar-refractivity contribution in [2.75, 3.05) is 6.54 Å². The van der Waals surface area contributed by atoms with E-state index in [0.717, 1.165) is 5.70 Å². The molecule has 3 heteroatoms. The molecule has 0 aromatic carbocycles. The molecule has 0 saturated carbocycles. The first kappa shape index (κ1) is 10.2. The van der Waals surface area contributed by atoms with Gasteiger partial charge in [-0.05, 0) is 26.8 Å². The molecule has 0 aromatic rings. The average molecular weight is 157 g/mol. The van der Waals surface area contributed by atoms with Gasteiger partial charge in [0.2, 0.25) is 0 Å². The largest absolute Gasteiger partial charge is 0.392 e. The van der Waals surface area contributed by atoms with Crippen molar-refractivity contribution in [2.24, 2.45) is 0 Å². The van der Waals surface area contributed by atoms with E-state index in [9.17, 15) is 4.79 Å². The van der Waals surface area contributed by atoms with Gasteiger partial charge in [0.05, 0.1) is 6.10 Å². The summed E-state index contributed by atoms with van der Waals surface area (Å²) < 4.78 is 0. The van der Waals surface area contributed by atoms with Gasteiger partial charge in [0, 0.05) is 12.2 Å². The van der Waals surface area contributed by atoms with Crippen LogP contribution in [-0.2, 0) is 4.79 Å². The SMILES string of the molecule is CC(=O)/C=C(\C)NCC(C)O. The van der Waals surface area contributed by atoms with Gasteiger partial charge < -0.3 is 10.4 Å². The van der Waals surface area contributed by atoms with Crippen LogP contribution in [-0.4, -0.2) is 23.5 Å². The number of allylic oxidation sites excluding steroid dienone is 2. The summed E-state index contributed by atoms with van der Waals surface area (Å²) in [4.78, 5) is 10.5. The number of hydrogen-bond acceptors (Lipinski definition) is 3. The second kappa shape index (κ2) is 4.91. The normalized spacial score (nSPS) is 14.4. The van der Waals surface area contributed by atoms with Gasteiger partial charge in [-0.2, -0.15) is 0 Å². The Bertz CT molecular complexity index is 161. The molecule has 1 unspecified atom stereocenters. The first-order valence-electron chi connectivity index (χ1n) is 3.63. The van der Waals surface area contributed by atoms with Crippen LogP contribution in [0.1, 0.15) is 20.8 Å². The van der Waals surface area contributed by atoms with Crippen LogP contribution in [0.4, 0.5) is 0 Å². The van der Waals surface area contributed by atoms with E-state index < -0.39 is 0 Å². The molecule has 0 bridgehead atoms. The number of aliphatic hydroxyl groups excluding tert-OH is 1. The van der Waals surface area contributed by atoms with Crippen molar-refractivity contribution in [3.63, 3.8) is 0 Å². The standard InChI is InChI=1S/C8H15NO2/c1-6(4-7(2)10)9-5-8(3)11/h4,8-9,11H,5H2,1-3H3/b6-4+. The van der Waals surface area contributed by atoms with Crippen LogP contribution < -0.4 is 5.32 Å². The molecule has 1 atom stereocenters. The highest BCUT2D eigenvalue weighted by Crippen LogP contribution is 1.87. The number of nitrogens with one attached hydrogen (secondary N) is 1. The van der Waals surface area contributed by atoms with Crippen molar-refractivity contribution in [2.45, 2.75) is 26.9 Å². The fourth-order valence-corrected chi connectivity index (χ4v) is 0.665. The number of carbonyl (C=O) groups excluding carboxylic acids is 1. The maximum Gasteiger partial charge on any atom is 0.154 e. The zero-order valence-corrected chi connectivity index (χ0v) is 7.22. The molecular formula is C8H15NO2. The number of ketones is 1. The second-order valence-electron chi connectivity index (χ2n) is 2.67. The summed E-state index contributed by atoms with van der Waals surface area (Å²) in [5.41, 5.74) is 0.790. The van der Waals surface area contributed by atoms with Gasteiger partial charge in [0.1, 0.15) is 0 Å². The summed E-state index contributed by atoms with van der Waals surface area (Å²) in [6, 6.07) is 0. The second-order valence-corrected chi connectivity index (χ2v) is 2.67. The smallest absolute Gasteiger partial charge is 0.154 e.